The molecule has 37 heavy (non-hydrogen) atoms. The maximum Gasteiger partial charge on any atom is 0.471 e. The number of alkyl halides is 3. The number of hydrogen-bond donors (Lipinski definition) is 0. The van der Waals surface area contributed by atoms with Crippen molar-refractivity contribution >= 4 is 17.6 Å². The first-order valence-electron chi connectivity index (χ1n) is 12.0. The number of fused-ring (bicyclic) bond motifs is 2. The van der Waals surface area contributed by atoms with Crippen molar-refractivity contribution in [2.24, 2.45) is 0 Å². The van der Waals surface area contributed by atoms with Gasteiger partial charge >= 0.3 is 12.1 Å². The maximum absolute atomic E-state index is 14.0. The lowest BCUT2D eigenvalue weighted by atomic mass is 9.69. The molecular weight excluding hydrogens is 489 g/mol. The van der Waals surface area contributed by atoms with Gasteiger partial charge in [-0.1, -0.05) is 42.5 Å². The van der Waals surface area contributed by atoms with Crippen LogP contribution >= 0.6 is 0 Å². The van der Waals surface area contributed by atoms with Crippen molar-refractivity contribution < 1.29 is 37.0 Å². The molecule has 4 atom stereocenters. The van der Waals surface area contributed by atoms with Gasteiger partial charge in [-0.3, -0.25) is 19.3 Å². The van der Waals surface area contributed by atoms with Crippen molar-refractivity contribution in [1.82, 2.24) is 9.80 Å². The van der Waals surface area contributed by atoms with Crippen LogP contribution in [0.4, 0.5) is 13.2 Å². The quantitative estimate of drug-likeness (QED) is 0.630. The molecule has 192 valence electrons. The largest absolute Gasteiger partial charge is 0.493 e. The Balaban J connectivity index is 1.55. The number of ketones is 1. The zero-order valence-corrected chi connectivity index (χ0v) is 19.8. The summed E-state index contributed by atoms with van der Waals surface area (Å²) in [5.41, 5.74) is 0.754. The van der Waals surface area contributed by atoms with Crippen LogP contribution in [0.15, 0.2) is 54.6 Å². The Morgan fingerprint density at radius 2 is 1.92 bits per heavy atom. The highest BCUT2D eigenvalue weighted by atomic mass is 19.4. The SMILES string of the molecule is COc1ccc2c3c1O[C@H]1CC(=O)C=C[C@@]31CCN1C(=O)C(Cc3ccccc3)N(C(=O)C(F)(F)F)[C@H]21. The lowest BCUT2D eigenvalue weighted by Crippen LogP contribution is -2.47. The number of amides is 2. The van der Waals surface area contributed by atoms with E-state index in [1.807, 2.05) is 0 Å². The normalized spacial score (nSPS) is 27.8. The van der Waals surface area contributed by atoms with Crippen LogP contribution in [-0.2, 0) is 26.2 Å². The number of rotatable bonds is 3. The van der Waals surface area contributed by atoms with Crippen molar-refractivity contribution in [3.63, 3.8) is 0 Å². The van der Waals surface area contributed by atoms with Gasteiger partial charge < -0.3 is 14.4 Å². The molecule has 0 saturated carbocycles. The first-order chi connectivity index (χ1) is 17.7. The summed E-state index contributed by atoms with van der Waals surface area (Å²) in [6.45, 7) is 0.0885. The number of halogens is 3. The fraction of sp³-hybridized carbons (Fsp3) is 0.370. The molecule has 0 bridgehead atoms. The van der Waals surface area contributed by atoms with E-state index in [1.54, 1.807) is 48.5 Å². The van der Waals surface area contributed by atoms with Gasteiger partial charge in [-0.05, 0) is 24.1 Å². The van der Waals surface area contributed by atoms with Gasteiger partial charge in [-0.25, -0.2) is 0 Å². The van der Waals surface area contributed by atoms with Crippen LogP contribution < -0.4 is 9.47 Å². The van der Waals surface area contributed by atoms with Crippen LogP contribution in [0.25, 0.3) is 0 Å². The Morgan fingerprint density at radius 3 is 2.62 bits per heavy atom. The molecule has 0 radical (unpaired) electrons. The predicted molar refractivity (Wildman–Crippen MR) is 124 cm³/mol. The van der Waals surface area contributed by atoms with Crippen LogP contribution in [0, 0.1) is 0 Å². The Labute approximate surface area is 210 Å². The lowest BCUT2D eigenvalue weighted by Gasteiger charge is -2.34. The monoisotopic (exact) mass is 512 g/mol. The molecule has 7 nitrogen and oxygen atoms in total. The minimum Gasteiger partial charge on any atom is -0.493 e. The molecule has 1 saturated heterocycles. The molecule has 1 unspecified atom stereocenters. The average Bonchev–Trinajstić information content (AvgIpc) is 3.28. The first kappa shape index (κ1) is 23.6. The molecule has 2 aromatic rings. The summed E-state index contributed by atoms with van der Waals surface area (Å²) < 4.78 is 53.6. The topological polar surface area (TPSA) is 76.2 Å². The third-order valence-electron chi connectivity index (χ3n) is 7.88. The van der Waals surface area contributed by atoms with E-state index in [-0.39, 0.29) is 25.2 Å². The van der Waals surface area contributed by atoms with E-state index in [0.717, 1.165) is 0 Å². The molecular formula is C27H23F3N2O5. The molecule has 6 rings (SSSR count). The minimum atomic E-state index is -5.18. The fourth-order valence-corrected chi connectivity index (χ4v) is 6.27. The smallest absolute Gasteiger partial charge is 0.471 e. The number of methoxy groups -OCH3 is 1. The van der Waals surface area contributed by atoms with Gasteiger partial charge in [0, 0.05) is 30.5 Å². The number of nitrogens with zero attached hydrogens (tertiary/aromatic N) is 2. The van der Waals surface area contributed by atoms with E-state index in [4.69, 9.17) is 9.47 Å². The maximum atomic E-state index is 14.0. The molecule has 2 aromatic carbocycles. The molecule has 4 aliphatic rings. The second-order valence-corrected chi connectivity index (χ2v) is 9.78. The lowest BCUT2D eigenvalue weighted by molar-refractivity contribution is -0.190. The van der Waals surface area contributed by atoms with E-state index >= 15 is 0 Å². The van der Waals surface area contributed by atoms with E-state index in [0.29, 0.717) is 39.5 Å². The third-order valence-corrected chi connectivity index (χ3v) is 7.88. The molecule has 1 spiro atoms. The Hall–Kier alpha value is -3.82. The van der Waals surface area contributed by atoms with E-state index in [2.05, 4.69) is 0 Å². The average molecular weight is 512 g/mol. The summed E-state index contributed by atoms with van der Waals surface area (Å²) in [5, 5.41) is 0. The van der Waals surface area contributed by atoms with Gasteiger partial charge in [-0.15, -0.1) is 0 Å². The summed E-state index contributed by atoms with van der Waals surface area (Å²) in [7, 11) is 1.45. The van der Waals surface area contributed by atoms with E-state index < -0.39 is 41.7 Å². The van der Waals surface area contributed by atoms with Gasteiger partial charge in [0.05, 0.1) is 12.5 Å². The van der Waals surface area contributed by atoms with Crippen molar-refractivity contribution in [3.05, 3.63) is 71.3 Å². The number of carbonyl (C=O) groups is 3. The van der Waals surface area contributed by atoms with Crippen LogP contribution in [-0.4, -0.2) is 59.4 Å². The van der Waals surface area contributed by atoms with Crippen LogP contribution in [0.5, 0.6) is 11.5 Å². The van der Waals surface area contributed by atoms with Gasteiger partial charge in [0.2, 0.25) is 5.91 Å². The Kier molecular flexibility index (Phi) is 5.15. The van der Waals surface area contributed by atoms with E-state index in [1.165, 1.54) is 18.1 Å². The molecule has 1 aliphatic carbocycles. The fourth-order valence-electron chi connectivity index (χ4n) is 6.27. The van der Waals surface area contributed by atoms with Gasteiger partial charge in [0.25, 0.3) is 0 Å². The van der Waals surface area contributed by atoms with Gasteiger partial charge in [0.1, 0.15) is 18.3 Å². The van der Waals surface area contributed by atoms with Crippen LogP contribution in [0.2, 0.25) is 0 Å². The second kappa shape index (κ2) is 8.09. The Morgan fingerprint density at radius 1 is 1.16 bits per heavy atom. The summed E-state index contributed by atoms with van der Waals surface area (Å²) in [6.07, 6.45) is -3.47. The molecule has 0 aromatic heterocycles. The second-order valence-electron chi connectivity index (χ2n) is 9.78. The highest BCUT2D eigenvalue weighted by Crippen LogP contribution is 2.58. The number of hydrogen-bond acceptors (Lipinski definition) is 5. The first-order valence-corrected chi connectivity index (χ1v) is 12.0. The molecule has 3 aliphatic heterocycles. The molecule has 2 amide bonds. The molecule has 1 fully saturated rings. The van der Waals surface area contributed by atoms with Crippen molar-refractivity contribution in [3.8, 4) is 11.5 Å². The number of benzene rings is 2. The van der Waals surface area contributed by atoms with Crippen LogP contribution in [0.3, 0.4) is 0 Å². The van der Waals surface area contributed by atoms with Crippen molar-refractivity contribution in [2.45, 2.75) is 49.2 Å². The Bertz CT molecular complexity index is 1340. The molecule has 3 heterocycles. The van der Waals surface area contributed by atoms with Crippen molar-refractivity contribution in [1.29, 1.82) is 0 Å². The summed E-state index contributed by atoms with van der Waals surface area (Å²) in [4.78, 5) is 40.9. The zero-order chi connectivity index (χ0) is 26.1. The number of carbonyl (C=O) groups excluding carboxylic acids is 3. The molecule has 0 N–H and O–H groups in total. The third kappa shape index (κ3) is 3.38. The number of allylic oxidation sites excluding steroid dienone is 1. The summed E-state index contributed by atoms with van der Waals surface area (Å²) >= 11 is 0. The highest BCUT2D eigenvalue weighted by Gasteiger charge is 2.61. The number of ether oxygens (including phenoxy) is 2. The minimum absolute atomic E-state index is 0.0501. The molecule has 10 heteroatoms. The predicted octanol–water partition coefficient (Wildman–Crippen LogP) is 3.47. The summed E-state index contributed by atoms with van der Waals surface area (Å²) in [6, 6.07) is 10.5. The van der Waals surface area contributed by atoms with Crippen molar-refractivity contribution in [2.75, 3.05) is 13.7 Å². The van der Waals surface area contributed by atoms with Gasteiger partial charge in [0.15, 0.2) is 17.3 Å². The zero-order valence-electron chi connectivity index (χ0n) is 19.8. The summed E-state index contributed by atoms with van der Waals surface area (Å²) in [5.74, 6) is -2.02. The standard InChI is InChI=1S/C27H23F3N2O5/c1-36-19-8-7-17-21-22(19)37-20-14-16(33)9-10-26(20,21)11-12-31-23(17)32(25(35)27(28,29)30)18(24(31)34)13-15-5-3-2-4-6-15/h2-10,18,20,23H,11-14H2,1H3/t18?,20-,23+,26-/m0/s1. The highest BCUT2D eigenvalue weighted by molar-refractivity contribution is 5.95. The van der Waals surface area contributed by atoms with Crippen LogP contribution in [0.1, 0.15) is 35.7 Å². The van der Waals surface area contributed by atoms with E-state index in [9.17, 15) is 27.6 Å². The van der Waals surface area contributed by atoms with Gasteiger partial charge in [-0.2, -0.15) is 13.2 Å².